The van der Waals surface area contributed by atoms with Crippen molar-refractivity contribution in [3.63, 3.8) is 0 Å². The molecule has 0 aromatic rings. The Kier molecular flexibility index (Phi) is 20.6. The van der Waals surface area contributed by atoms with Crippen molar-refractivity contribution in [2.24, 2.45) is 17.2 Å². The molecule has 6 N–H and O–H groups in total. The summed E-state index contributed by atoms with van der Waals surface area (Å²) >= 11 is 0. The molecule has 0 aliphatic carbocycles. The van der Waals surface area contributed by atoms with Gasteiger partial charge in [-0.2, -0.15) is 0 Å². The van der Waals surface area contributed by atoms with Gasteiger partial charge in [-0.25, -0.2) is 0 Å². The molecule has 0 rings (SSSR count). The van der Waals surface area contributed by atoms with Crippen LogP contribution < -0.4 is 17.2 Å². The molecule has 0 aliphatic heterocycles. The predicted molar refractivity (Wildman–Crippen MR) is 78.0 cm³/mol. The van der Waals surface area contributed by atoms with E-state index in [0.29, 0.717) is 0 Å². The lowest BCUT2D eigenvalue weighted by Crippen LogP contribution is -2.22. The fraction of sp³-hybridized carbons (Fsp3) is 1.00. The highest BCUT2D eigenvalue weighted by Crippen LogP contribution is 1.91. The Bertz CT molecular complexity index is 108. The van der Waals surface area contributed by atoms with E-state index in [-0.39, 0.29) is 0 Å². The third kappa shape index (κ3) is 21.6. The van der Waals surface area contributed by atoms with Gasteiger partial charge in [-0.1, -0.05) is 19.8 Å². The number of unbranched alkanes of at least 4 members (excludes halogenated alkanes) is 3. The molecule has 106 valence electrons. The molecule has 4 nitrogen and oxygen atoms in total. The lowest BCUT2D eigenvalue weighted by atomic mass is 10.2. The lowest BCUT2D eigenvalue weighted by Gasteiger charge is -2.14. The average molecular weight is 246 g/mol. The summed E-state index contributed by atoms with van der Waals surface area (Å²) in [7, 11) is 2.16. The summed E-state index contributed by atoms with van der Waals surface area (Å²) in [5.74, 6) is 0. The minimum atomic E-state index is 0.806. The van der Waals surface area contributed by atoms with E-state index in [0.717, 1.165) is 45.4 Å². The predicted octanol–water partition coefficient (Wildman–Crippen LogP) is 1.14. The second-order valence-corrected chi connectivity index (χ2v) is 4.44. The van der Waals surface area contributed by atoms with Gasteiger partial charge in [0.1, 0.15) is 0 Å². The van der Waals surface area contributed by atoms with Crippen LogP contribution in [0.15, 0.2) is 0 Å². The molecule has 0 aliphatic rings. The number of nitrogens with zero attached hydrogens (tertiary/aromatic N) is 1. The van der Waals surface area contributed by atoms with Gasteiger partial charge in [0.05, 0.1) is 0 Å². The molecule has 0 radical (unpaired) electrons. The molecule has 0 fully saturated rings. The van der Waals surface area contributed by atoms with Crippen molar-refractivity contribution in [2.75, 3.05) is 39.8 Å². The first-order valence-electron chi connectivity index (χ1n) is 7.01. The molecular formula is C13H34N4. The first-order chi connectivity index (χ1) is 8.22. The van der Waals surface area contributed by atoms with Crippen LogP contribution in [-0.4, -0.2) is 44.7 Å². The van der Waals surface area contributed by atoms with Crippen molar-refractivity contribution < 1.29 is 0 Å². The van der Waals surface area contributed by atoms with Crippen molar-refractivity contribution in [3.8, 4) is 0 Å². The summed E-state index contributed by atoms with van der Waals surface area (Å²) in [5, 5.41) is 0. The van der Waals surface area contributed by atoms with Gasteiger partial charge in [0.2, 0.25) is 0 Å². The van der Waals surface area contributed by atoms with E-state index in [2.05, 4.69) is 18.9 Å². The van der Waals surface area contributed by atoms with Crippen LogP contribution in [0.2, 0.25) is 0 Å². The van der Waals surface area contributed by atoms with Crippen LogP contribution in [0, 0.1) is 0 Å². The Labute approximate surface area is 108 Å². The number of hydrogen-bond acceptors (Lipinski definition) is 4. The monoisotopic (exact) mass is 246 g/mol. The molecule has 0 atom stereocenters. The summed E-state index contributed by atoms with van der Waals surface area (Å²) in [6.45, 7) is 7.01. The van der Waals surface area contributed by atoms with Crippen LogP contribution in [-0.2, 0) is 0 Å². The van der Waals surface area contributed by atoms with Crippen LogP contribution in [0.5, 0.6) is 0 Å². The Morgan fingerprint density at radius 3 is 1.59 bits per heavy atom. The molecule has 0 spiro atoms. The van der Waals surface area contributed by atoms with E-state index in [1.807, 2.05) is 0 Å². The van der Waals surface area contributed by atoms with E-state index in [9.17, 15) is 0 Å². The zero-order valence-corrected chi connectivity index (χ0v) is 12.0. The molecule has 0 saturated carbocycles. The maximum Gasteiger partial charge on any atom is -0.000977 e. The Morgan fingerprint density at radius 1 is 0.706 bits per heavy atom. The minimum Gasteiger partial charge on any atom is -0.330 e. The summed E-state index contributed by atoms with van der Waals surface area (Å²) < 4.78 is 0. The average Bonchev–Trinajstić information content (AvgIpc) is 2.35. The number of nitrogens with two attached hydrogens (primary N) is 3. The molecule has 0 unspecified atom stereocenters. The first kappa shape index (κ1) is 19.2. The molecule has 0 aromatic carbocycles. The van der Waals surface area contributed by atoms with Gasteiger partial charge in [0.15, 0.2) is 0 Å². The van der Waals surface area contributed by atoms with Gasteiger partial charge in [0, 0.05) is 0 Å². The topological polar surface area (TPSA) is 81.3 Å². The van der Waals surface area contributed by atoms with E-state index >= 15 is 0 Å². The number of rotatable bonds is 10. The molecule has 0 bridgehead atoms. The maximum atomic E-state index is 5.38. The second-order valence-electron chi connectivity index (χ2n) is 4.44. The molecule has 0 aromatic heterocycles. The highest BCUT2D eigenvalue weighted by Gasteiger charge is 1.94. The fourth-order valence-electron chi connectivity index (χ4n) is 1.37. The van der Waals surface area contributed by atoms with E-state index in [1.54, 1.807) is 0 Å². The Balaban J connectivity index is 0. The normalized spacial score (nSPS) is 10.2. The van der Waals surface area contributed by atoms with E-state index in [4.69, 9.17) is 17.2 Å². The van der Waals surface area contributed by atoms with Crippen LogP contribution in [0.1, 0.15) is 45.4 Å². The number of hydrogen-bond donors (Lipinski definition) is 3. The second kappa shape index (κ2) is 18.2. The fourth-order valence-corrected chi connectivity index (χ4v) is 1.37. The van der Waals surface area contributed by atoms with Gasteiger partial charge in [0.25, 0.3) is 0 Å². The summed E-state index contributed by atoms with van der Waals surface area (Å²) in [6.07, 6.45) is 7.15. The standard InChI is InChI=1S/C8H20N2.C5H14N2/c1-3-4-7-10(2)8-5-6-9;6-4-2-1-3-5-7/h3-9H2,1-2H3;1-7H2. The highest BCUT2D eigenvalue weighted by atomic mass is 15.1. The van der Waals surface area contributed by atoms with Crippen molar-refractivity contribution >= 4 is 0 Å². The zero-order chi connectivity index (χ0) is 13.4. The van der Waals surface area contributed by atoms with Crippen LogP contribution in [0.4, 0.5) is 0 Å². The van der Waals surface area contributed by atoms with Crippen molar-refractivity contribution in [2.45, 2.75) is 45.4 Å². The Hall–Kier alpha value is -0.160. The lowest BCUT2D eigenvalue weighted by molar-refractivity contribution is 0.325. The van der Waals surface area contributed by atoms with E-state index < -0.39 is 0 Å². The molecule has 4 heteroatoms. The molecule has 0 saturated heterocycles. The quantitative estimate of drug-likeness (QED) is 0.505. The molecular weight excluding hydrogens is 212 g/mol. The maximum absolute atomic E-state index is 5.38. The summed E-state index contributed by atoms with van der Waals surface area (Å²) in [4.78, 5) is 2.34. The SMILES string of the molecule is CCCCN(C)CCCN.NCCCCCN. The van der Waals surface area contributed by atoms with Crippen LogP contribution in [0.25, 0.3) is 0 Å². The van der Waals surface area contributed by atoms with Crippen LogP contribution >= 0.6 is 0 Å². The van der Waals surface area contributed by atoms with Gasteiger partial charge < -0.3 is 22.1 Å². The van der Waals surface area contributed by atoms with Gasteiger partial charge in [-0.15, -0.1) is 0 Å². The summed E-state index contributed by atoms with van der Waals surface area (Å²) in [6, 6.07) is 0. The molecule has 0 heterocycles. The van der Waals surface area contributed by atoms with Crippen molar-refractivity contribution in [1.29, 1.82) is 0 Å². The third-order valence-electron chi connectivity index (χ3n) is 2.55. The minimum absolute atomic E-state index is 0.806. The van der Waals surface area contributed by atoms with Gasteiger partial charge >= 0.3 is 0 Å². The molecule has 0 amide bonds. The highest BCUT2D eigenvalue weighted by molar-refractivity contribution is 4.50. The molecule has 17 heavy (non-hydrogen) atoms. The Morgan fingerprint density at radius 2 is 1.18 bits per heavy atom. The largest absolute Gasteiger partial charge is 0.330 e. The van der Waals surface area contributed by atoms with Crippen molar-refractivity contribution in [1.82, 2.24) is 4.90 Å². The summed E-state index contributed by atoms with van der Waals surface area (Å²) in [5.41, 5.74) is 15.8. The van der Waals surface area contributed by atoms with Crippen LogP contribution in [0.3, 0.4) is 0 Å². The first-order valence-corrected chi connectivity index (χ1v) is 7.01. The van der Waals surface area contributed by atoms with Crippen molar-refractivity contribution in [3.05, 3.63) is 0 Å². The van der Waals surface area contributed by atoms with Gasteiger partial charge in [-0.05, 0) is 65.5 Å². The van der Waals surface area contributed by atoms with E-state index in [1.165, 1.54) is 25.8 Å². The zero-order valence-electron chi connectivity index (χ0n) is 12.0. The van der Waals surface area contributed by atoms with Gasteiger partial charge in [-0.3, -0.25) is 0 Å². The third-order valence-corrected chi connectivity index (χ3v) is 2.55. The smallest absolute Gasteiger partial charge is 0.000977 e.